The Balaban J connectivity index is 1.70. The van der Waals surface area contributed by atoms with E-state index in [4.69, 9.17) is 34.8 Å². The molecule has 0 saturated carbocycles. The Bertz CT molecular complexity index is 1410. The minimum atomic E-state index is -1.16. The molecule has 0 aliphatic carbocycles. The fraction of sp³-hybridized carbons (Fsp3) is 0.111. The quantitative estimate of drug-likeness (QED) is 0.238. The molecule has 0 fully saturated rings. The summed E-state index contributed by atoms with van der Waals surface area (Å²) < 4.78 is 14.0. The summed E-state index contributed by atoms with van der Waals surface area (Å²) in [6.07, 6.45) is 0.105. The van der Waals surface area contributed by atoms with Gasteiger partial charge in [0, 0.05) is 21.2 Å². The van der Waals surface area contributed by atoms with E-state index in [9.17, 15) is 19.1 Å². The Morgan fingerprint density at radius 1 is 0.917 bits per heavy atom. The number of halogens is 4. The molecule has 1 heterocycles. The van der Waals surface area contributed by atoms with E-state index in [1.807, 2.05) is 30.3 Å². The largest absolute Gasteiger partial charge is 0.480 e. The van der Waals surface area contributed by atoms with Crippen LogP contribution in [0.5, 0.6) is 0 Å². The van der Waals surface area contributed by atoms with Gasteiger partial charge in [-0.2, -0.15) is 0 Å². The molecular formula is C27H19Cl3FNO3S. The second-order valence-electron chi connectivity index (χ2n) is 8.00. The van der Waals surface area contributed by atoms with Crippen LogP contribution in [-0.4, -0.2) is 27.9 Å². The minimum Gasteiger partial charge on any atom is -0.480 e. The fourth-order valence-corrected chi connectivity index (χ4v) is 5.35. The van der Waals surface area contributed by atoms with Crippen LogP contribution in [0.4, 0.5) is 4.39 Å². The summed E-state index contributed by atoms with van der Waals surface area (Å²) in [6.45, 7) is 0.0162. The zero-order valence-corrected chi connectivity index (χ0v) is 21.7. The summed E-state index contributed by atoms with van der Waals surface area (Å²) in [5, 5.41) is 10.6. The lowest BCUT2D eigenvalue weighted by atomic mass is 10.0. The van der Waals surface area contributed by atoms with Crippen molar-refractivity contribution in [2.24, 2.45) is 0 Å². The smallest absolute Gasteiger partial charge is 0.326 e. The van der Waals surface area contributed by atoms with E-state index in [0.717, 1.165) is 15.3 Å². The second kappa shape index (κ2) is 11.4. The lowest BCUT2D eigenvalue weighted by Gasteiger charge is -2.29. The number of thiophene rings is 1. The van der Waals surface area contributed by atoms with Crippen LogP contribution in [0.15, 0.2) is 78.9 Å². The summed E-state index contributed by atoms with van der Waals surface area (Å²) in [5.41, 5.74) is 1.55. The lowest BCUT2D eigenvalue weighted by Crippen LogP contribution is -2.46. The van der Waals surface area contributed by atoms with E-state index >= 15 is 0 Å². The number of nitrogens with zero attached hydrogens (tertiary/aromatic N) is 1. The molecule has 4 nitrogen and oxygen atoms in total. The first-order valence-corrected chi connectivity index (χ1v) is 12.7. The van der Waals surface area contributed by atoms with Crippen molar-refractivity contribution >= 4 is 58.0 Å². The van der Waals surface area contributed by atoms with Gasteiger partial charge in [-0.25, -0.2) is 9.18 Å². The van der Waals surface area contributed by atoms with E-state index in [-0.39, 0.29) is 28.6 Å². The molecule has 9 heteroatoms. The molecule has 1 amide bonds. The van der Waals surface area contributed by atoms with E-state index < -0.39 is 23.7 Å². The number of aliphatic carboxylic acids is 1. The number of hydrogen-bond acceptors (Lipinski definition) is 3. The van der Waals surface area contributed by atoms with Gasteiger partial charge in [0.1, 0.15) is 11.9 Å². The summed E-state index contributed by atoms with van der Waals surface area (Å²) in [7, 11) is 0. The number of benzene rings is 3. The van der Waals surface area contributed by atoms with Crippen LogP contribution >= 0.6 is 46.1 Å². The van der Waals surface area contributed by atoms with Crippen molar-refractivity contribution in [2.75, 3.05) is 0 Å². The molecule has 3 aromatic carbocycles. The maximum absolute atomic E-state index is 14.0. The van der Waals surface area contributed by atoms with Crippen LogP contribution in [0.1, 0.15) is 20.8 Å². The molecular weight excluding hydrogens is 544 g/mol. The maximum Gasteiger partial charge on any atom is 0.326 e. The summed E-state index contributed by atoms with van der Waals surface area (Å²) in [4.78, 5) is 28.8. The SMILES string of the molecule is O=C(O)C(Cc1ccccc1)N(Cc1ccc(-c2ccc(Cl)c(F)c2)s1)C(=O)c1ccc(Cl)cc1Cl. The van der Waals surface area contributed by atoms with Gasteiger partial charge in [-0.3, -0.25) is 4.79 Å². The predicted molar refractivity (Wildman–Crippen MR) is 143 cm³/mol. The van der Waals surface area contributed by atoms with Crippen LogP contribution in [0, 0.1) is 5.82 Å². The first-order valence-electron chi connectivity index (χ1n) is 10.8. The van der Waals surface area contributed by atoms with Crippen molar-refractivity contribution in [1.82, 2.24) is 4.90 Å². The Morgan fingerprint density at radius 3 is 2.33 bits per heavy atom. The maximum atomic E-state index is 14.0. The van der Waals surface area contributed by atoms with Gasteiger partial charge in [-0.15, -0.1) is 11.3 Å². The van der Waals surface area contributed by atoms with Crippen LogP contribution in [0.2, 0.25) is 15.1 Å². The highest BCUT2D eigenvalue weighted by atomic mass is 35.5. The number of carbonyl (C=O) groups excluding carboxylic acids is 1. The first-order chi connectivity index (χ1) is 17.2. The monoisotopic (exact) mass is 561 g/mol. The van der Waals surface area contributed by atoms with Crippen LogP contribution < -0.4 is 0 Å². The third kappa shape index (κ3) is 6.08. The van der Waals surface area contributed by atoms with Crippen LogP contribution in [0.3, 0.4) is 0 Å². The van der Waals surface area contributed by atoms with Gasteiger partial charge >= 0.3 is 5.97 Å². The van der Waals surface area contributed by atoms with Crippen LogP contribution in [0.25, 0.3) is 10.4 Å². The molecule has 184 valence electrons. The average Bonchev–Trinajstić information content (AvgIpc) is 3.32. The van der Waals surface area contributed by atoms with Gasteiger partial charge < -0.3 is 10.0 Å². The number of carbonyl (C=O) groups is 2. The number of carboxylic acid groups (broad SMARTS) is 1. The minimum absolute atomic E-state index is 0.0162. The average molecular weight is 563 g/mol. The van der Waals surface area contributed by atoms with Crippen molar-refractivity contribution < 1.29 is 19.1 Å². The van der Waals surface area contributed by atoms with Crippen molar-refractivity contribution in [3.8, 4) is 10.4 Å². The van der Waals surface area contributed by atoms with E-state index in [1.165, 1.54) is 46.6 Å². The van der Waals surface area contributed by atoms with Crippen molar-refractivity contribution in [3.05, 3.63) is 116 Å². The Labute approximate surface area is 226 Å². The van der Waals surface area contributed by atoms with Gasteiger partial charge in [-0.1, -0.05) is 71.2 Å². The molecule has 1 aromatic heterocycles. The van der Waals surface area contributed by atoms with E-state index in [1.54, 1.807) is 18.2 Å². The normalized spacial score (nSPS) is 11.8. The first kappa shape index (κ1) is 26.2. The summed E-state index contributed by atoms with van der Waals surface area (Å²) in [6, 6.07) is 20.5. The van der Waals surface area contributed by atoms with Crippen molar-refractivity contribution in [2.45, 2.75) is 19.0 Å². The van der Waals surface area contributed by atoms with Gasteiger partial charge in [0.25, 0.3) is 5.91 Å². The molecule has 1 N–H and O–H groups in total. The Hall–Kier alpha value is -2.90. The standard InChI is InChI=1S/C27H19Cl3FNO3S/c28-18-7-9-20(22(30)14-18)26(33)32(24(27(34)35)12-16-4-2-1-3-5-16)15-19-8-11-25(36-19)17-6-10-21(29)23(31)13-17/h1-11,13-14,24H,12,15H2,(H,34,35). The molecule has 0 saturated heterocycles. The molecule has 4 rings (SSSR count). The highest BCUT2D eigenvalue weighted by Gasteiger charge is 2.32. The van der Waals surface area contributed by atoms with Gasteiger partial charge in [0.15, 0.2) is 0 Å². The summed E-state index contributed by atoms with van der Waals surface area (Å²) >= 11 is 19.4. The van der Waals surface area contributed by atoms with E-state index in [2.05, 4.69) is 0 Å². The third-order valence-corrected chi connectivity index (χ3v) is 7.52. The molecule has 0 bridgehead atoms. The molecule has 1 atom stereocenters. The molecule has 4 aromatic rings. The molecule has 0 aliphatic rings. The number of carboxylic acids is 1. The molecule has 0 radical (unpaired) electrons. The van der Waals surface area contributed by atoms with Gasteiger partial charge in [-0.05, 0) is 53.6 Å². The highest BCUT2D eigenvalue weighted by molar-refractivity contribution is 7.15. The fourth-order valence-electron chi connectivity index (χ4n) is 3.74. The molecule has 0 aliphatic heterocycles. The number of hydrogen-bond donors (Lipinski definition) is 1. The Morgan fingerprint density at radius 2 is 1.67 bits per heavy atom. The third-order valence-electron chi connectivity index (χ3n) is 5.55. The van der Waals surface area contributed by atoms with Crippen molar-refractivity contribution in [1.29, 1.82) is 0 Å². The molecule has 0 spiro atoms. The van der Waals surface area contributed by atoms with Crippen LogP contribution in [-0.2, 0) is 17.8 Å². The zero-order valence-electron chi connectivity index (χ0n) is 18.6. The summed E-state index contributed by atoms with van der Waals surface area (Å²) in [5.74, 6) is -2.21. The lowest BCUT2D eigenvalue weighted by molar-refractivity contribution is -0.142. The highest BCUT2D eigenvalue weighted by Crippen LogP contribution is 2.32. The van der Waals surface area contributed by atoms with E-state index in [0.29, 0.717) is 10.6 Å². The molecule has 1 unspecified atom stereocenters. The number of rotatable bonds is 8. The second-order valence-corrected chi connectivity index (χ2v) is 10.4. The Kier molecular flexibility index (Phi) is 8.32. The predicted octanol–water partition coefficient (Wildman–Crippen LogP) is 7.85. The number of amides is 1. The topological polar surface area (TPSA) is 57.6 Å². The molecule has 36 heavy (non-hydrogen) atoms. The van der Waals surface area contributed by atoms with Crippen molar-refractivity contribution in [3.63, 3.8) is 0 Å². The van der Waals surface area contributed by atoms with Gasteiger partial charge in [0.05, 0.1) is 22.2 Å². The van der Waals surface area contributed by atoms with Gasteiger partial charge in [0.2, 0.25) is 0 Å². The zero-order chi connectivity index (χ0) is 25.8.